The molecule has 1 saturated carbocycles. The Morgan fingerprint density at radius 3 is 3.11 bits per heavy atom. The fourth-order valence-electron chi connectivity index (χ4n) is 2.27. The smallest absolute Gasteiger partial charge is 0.284 e. The van der Waals surface area contributed by atoms with Gasteiger partial charge in [-0.05, 0) is 35.2 Å². The molecule has 0 saturated heterocycles. The van der Waals surface area contributed by atoms with E-state index in [2.05, 4.69) is 32.3 Å². The lowest BCUT2D eigenvalue weighted by Gasteiger charge is -2.15. The molecule has 0 spiro atoms. The molecule has 1 aromatic heterocycles. The Morgan fingerprint density at radius 2 is 2.47 bits per heavy atom. The number of methoxy groups -OCH3 is 1. The van der Waals surface area contributed by atoms with Gasteiger partial charge in [-0.2, -0.15) is 5.10 Å². The molecule has 6 heteroatoms. The van der Waals surface area contributed by atoms with Crippen molar-refractivity contribution in [3.8, 4) is 12.3 Å². The van der Waals surface area contributed by atoms with Crippen molar-refractivity contribution >= 4 is 21.6 Å². The van der Waals surface area contributed by atoms with Crippen molar-refractivity contribution in [3.63, 3.8) is 0 Å². The van der Waals surface area contributed by atoms with Gasteiger partial charge in [-0.15, -0.1) is 6.42 Å². The molecule has 1 aliphatic rings. The van der Waals surface area contributed by atoms with Gasteiger partial charge < -0.3 is 10.1 Å². The topological polar surface area (TPSA) is 56.1 Å². The molecule has 0 aliphatic heterocycles. The zero-order chi connectivity index (χ0) is 13.8. The maximum Gasteiger partial charge on any atom is 0.284 e. The third-order valence-electron chi connectivity index (χ3n) is 3.30. The molecule has 2 atom stereocenters. The number of hydrogen-bond acceptors (Lipinski definition) is 4. The van der Waals surface area contributed by atoms with E-state index in [-0.39, 0.29) is 12.1 Å². The quantitative estimate of drug-likeness (QED) is 0.855. The minimum absolute atomic E-state index is 0.174. The molecule has 1 aromatic rings. The van der Waals surface area contributed by atoms with Crippen molar-refractivity contribution in [2.45, 2.75) is 38.0 Å². The number of ether oxygens (including phenoxy) is 1. The molecule has 0 aromatic carbocycles. The highest BCUT2D eigenvalue weighted by atomic mass is 79.9. The Balaban J connectivity index is 2.12. The van der Waals surface area contributed by atoms with E-state index >= 15 is 0 Å². The van der Waals surface area contributed by atoms with Crippen LogP contribution in [-0.2, 0) is 11.3 Å². The summed E-state index contributed by atoms with van der Waals surface area (Å²) in [6.07, 6.45) is 10.1. The predicted molar refractivity (Wildman–Crippen MR) is 77.1 cm³/mol. The van der Waals surface area contributed by atoms with Crippen molar-refractivity contribution in [3.05, 3.63) is 21.0 Å². The highest BCUT2D eigenvalue weighted by Gasteiger charge is 2.25. The van der Waals surface area contributed by atoms with Crippen LogP contribution in [-0.4, -0.2) is 29.0 Å². The van der Waals surface area contributed by atoms with E-state index in [4.69, 9.17) is 11.2 Å². The van der Waals surface area contributed by atoms with E-state index in [0.717, 1.165) is 19.3 Å². The van der Waals surface area contributed by atoms with Gasteiger partial charge in [-0.25, -0.2) is 4.68 Å². The summed E-state index contributed by atoms with van der Waals surface area (Å²) in [6.45, 7) is 0.174. The van der Waals surface area contributed by atoms with Crippen molar-refractivity contribution in [1.82, 2.24) is 9.78 Å². The first-order chi connectivity index (χ1) is 9.15. The predicted octanol–water partition coefficient (Wildman–Crippen LogP) is 1.62. The molecule has 0 amide bonds. The number of nitrogens with one attached hydrogen (secondary N) is 1. The summed E-state index contributed by atoms with van der Waals surface area (Å²) in [7, 11) is 1.73. The summed E-state index contributed by atoms with van der Waals surface area (Å²) in [6, 6.07) is 0.311. The van der Waals surface area contributed by atoms with Crippen LogP contribution in [0.25, 0.3) is 0 Å². The van der Waals surface area contributed by atoms with Gasteiger partial charge >= 0.3 is 0 Å². The lowest BCUT2D eigenvalue weighted by atomic mass is 10.2. The standard InChI is InChI=1S/C13H16BrN3O2/c1-3-6-17-13(18)12(14)11(8-15-17)16-9-4-5-10(7-9)19-2/h1,8-10,16H,4-7H2,2H3. The number of terminal acetylenes is 1. The number of nitrogens with zero attached hydrogens (tertiary/aromatic N) is 2. The average molecular weight is 326 g/mol. The average Bonchev–Trinajstić information content (AvgIpc) is 2.86. The number of aromatic nitrogens is 2. The zero-order valence-electron chi connectivity index (χ0n) is 10.7. The maximum absolute atomic E-state index is 12.0. The SMILES string of the molecule is C#CCn1ncc(NC2CCC(OC)C2)c(Br)c1=O. The highest BCUT2D eigenvalue weighted by molar-refractivity contribution is 9.10. The van der Waals surface area contributed by atoms with Crippen molar-refractivity contribution in [2.24, 2.45) is 0 Å². The van der Waals surface area contributed by atoms with Crippen molar-refractivity contribution < 1.29 is 4.74 Å². The maximum atomic E-state index is 12.0. The summed E-state index contributed by atoms with van der Waals surface area (Å²) in [4.78, 5) is 12.0. The first-order valence-electron chi connectivity index (χ1n) is 6.14. The van der Waals surface area contributed by atoms with Gasteiger partial charge in [0.15, 0.2) is 0 Å². The fraction of sp³-hybridized carbons (Fsp3) is 0.538. The summed E-state index contributed by atoms with van der Waals surface area (Å²) < 4.78 is 7.05. The molecule has 2 rings (SSSR count). The Hall–Kier alpha value is -1.32. The summed E-state index contributed by atoms with van der Waals surface area (Å²) >= 11 is 3.30. The fourth-order valence-corrected chi connectivity index (χ4v) is 2.69. The van der Waals surface area contributed by atoms with Crippen molar-refractivity contribution in [2.75, 3.05) is 12.4 Å². The van der Waals surface area contributed by atoms with Crippen LogP contribution in [0.1, 0.15) is 19.3 Å². The molecule has 1 aliphatic carbocycles. The second kappa shape index (κ2) is 6.22. The van der Waals surface area contributed by atoms with Crippen LogP contribution in [0.3, 0.4) is 0 Å². The molecule has 5 nitrogen and oxygen atoms in total. The van der Waals surface area contributed by atoms with E-state index in [1.807, 2.05) is 0 Å². The molecular formula is C13H16BrN3O2. The number of hydrogen-bond donors (Lipinski definition) is 1. The summed E-state index contributed by atoms with van der Waals surface area (Å²) in [5.41, 5.74) is 0.490. The minimum Gasteiger partial charge on any atom is -0.381 e. The van der Waals surface area contributed by atoms with Gasteiger partial charge in [0.1, 0.15) is 11.0 Å². The second-order valence-electron chi connectivity index (χ2n) is 4.55. The van der Waals surface area contributed by atoms with Gasteiger partial charge in [0, 0.05) is 13.2 Å². The molecule has 0 bridgehead atoms. The third-order valence-corrected chi connectivity index (χ3v) is 4.07. The Labute approximate surface area is 120 Å². The largest absolute Gasteiger partial charge is 0.381 e. The van der Waals surface area contributed by atoms with Gasteiger partial charge in [-0.3, -0.25) is 4.79 Å². The zero-order valence-corrected chi connectivity index (χ0v) is 12.3. The van der Waals surface area contributed by atoms with Gasteiger partial charge in [-0.1, -0.05) is 5.92 Å². The van der Waals surface area contributed by atoms with Crippen LogP contribution in [0.4, 0.5) is 5.69 Å². The Morgan fingerprint density at radius 1 is 1.68 bits per heavy atom. The van der Waals surface area contributed by atoms with Crippen LogP contribution >= 0.6 is 15.9 Å². The molecule has 1 N–H and O–H groups in total. The molecule has 2 unspecified atom stereocenters. The minimum atomic E-state index is -0.218. The van der Waals surface area contributed by atoms with E-state index in [1.165, 1.54) is 4.68 Å². The van der Waals surface area contributed by atoms with Crippen LogP contribution < -0.4 is 10.9 Å². The van der Waals surface area contributed by atoms with Crippen LogP contribution in [0.2, 0.25) is 0 Å². The van der Waals surface area contributed by atoms with Gasteiger partial charge in [0.05, 0.1) is 18.0 Å². The monoisotopic (exact) mass is 325 g/mol. The molecule has 102 valence electrons. The number of rotatable bonds is 4. The highest BCUT2D eigenvalue weighted by Crippen LogP contribution is 2.26. The normalized spacial score (nSPS) is 22.2. The first kappa shape index (κ1) is 14.1. The van der Waals surface area contributed by atoms with Crippen LogP contribution in [0.5, 0.6) is 0 Å². The number of halogens is 1. The molecule has 1 fully saturated rings. The van der Waals surface area contributed by atoms with E-state index < -0.39 is 0 Å². The molecule has 19 heavy (non-hydrogen) atoms. The lowest BCUT2D eigenvalue weighted by Crippen LogP contribution is -2.26. The van der Waals surface area contributed by atoms with Gasteiger partial charge in [0.25, 0.3) is 5.56 Å². The Bertz CT molecular complexity index is 550. The molecule has 1 heterocycles. The van der Waals surface area contributed by atoms with E-state index in [0.29, 0.717) is 22.3 Å². The van der Waals surface area contributed by atoms with Crippen LogP contribution in [0.15, 0.2) is 15.5 Å². The Kier molecular flexibility index (Phi) is 4.61. The van der Waals surface area contributed by atoms with E-state index in [1.54, 1.807) is 13.3 Å². The molecule has 0 radical (unpaired) electrons. The van der Waals surface area contributed by atoms with E-state index in [9.17, 15) is 4.79 Å². The first-order valence-corrected chi connectivity index (χ1v) is 6.93. The summed E-state index contributed by atoms with van der Waals surface area (Å²) in [5.74, 6) is 2.40. The number of anilines is 1. The van der Waals surface area contributed by atoms with Crippen molar-refractivity contribution in [1.29, 1.82) is 0 Å². The third kappa shape index (κ3) is 3.17. The van der Waals surface area contributed by atoms with Crippen LogP contribution in [0, 0.1) is 12.3 Å². The summed E-state index contributed by atoms with van der Waals surface area (Å²) in [5, 5.41) is 7.38. The van der Waals surface area contributed by atoms with Gasteiger partial charge in [0.2, 0.25) is 0 Å². The molecular weight excluding hydrogens is 310 g/mol. The second-order valence-corrected chi connectivity index (χ2v) is 5.34. The lowest BCUT2D eigenvalue weighted by molar-refractivity contribution is 0.108.